The molecule has 1 aliphatic rings. The van der Waals surface area contributed by atoms with Crippen molar-refractivity contribution in [2.75, 3.05) is 13.2 Å². The largest absolute Gasteiger partial charge is 0.395 e. The molecule has 2 heterocycles. The van der Waals surface area contributed by atoms with E-state index in [9.17, 15) is 5.11 Å². The summed E-state index contributed by atoms with van der Waals surface area (Å²) in [5.41, 5.74) is 6.26. The lowest BCUT2D eigenvalue weighted by atomic mass is 9.82. The lowest BCUT2D eigenvalue weighted by Crippen LogP contribution is -2.56. The topological polar surface area (TPSA) is 80.2 Å². The SMILES string of the molecule is CC(C)(C)C(N)C(CO)N1CCn2cnnc2C1. The fraction of sp³-hybridized carbons (Fsp3) is 0.833. The maximum atomic E-state index is 9.65. The average Bonchev–Trinajstić information content (AvgIpc) is 2.76. The summed E-state index contributed by atoms with van der Waals surface area (Å²) in [7, 11) is 0. The maximum absolute atomic E-state index is 9.65. The Labute approximate surface area is 108 Å². The molecule has 6 nitrogen and oxygen atoms in total. The summed E-state index contributed by atoms with van der Waals surface area (Å²) >= 11 is 0. The van der Waals surface area contributed by atoms with Gasteiger partial charge in [0.15, 0.2) is 0 Å². The van der Waals surface area contributed by atoms with Gasteiger partial charge in [0.05, 0.1) is 13.2 Å². The van der Waals surface area contributed by atoms with E-state index in [2.05, 4.69) is 35.9 Å². The molecule has 0 aromatic carbocycles. The highest BCUT2D eigenvalue weighted by atomic mass is 16.3. The van der Waals surface area contributed by atoms with Crippen molar-refractivity contribution < 1.29 is 5.11 Å². The number of aromatic nitrogens is 3. The van der Waals surface area contributed by atoms with Gasteiger partial charge in [0.1, 0.15) is 12.2 Å². The fourth-order valence-electron chi connectivity index (χ4n) is 2.40. The molecule has 0 saturated carbocycles. The van der Waals surface area contributed by atoms with E-state index in [-0.39, 0.29) is 24.1 Å². The van der Waals surface area contributed by atoms with E-state index in [1.54, 1.807) is 6.33 Å². The molecule has 1 aromatic rings. The summed E-state index contributed by atoms with van der Waals surface area (Å²) in [6.45, 7) is 8.82. The molecule has 2 rings (SSSR count). The van der Waals surface area contributed by atoms with Gasteiger partial charge in [-0.25, -0.2) is 0 Å². The Bertz CT molecular complexity index is 397. The summed E-state index contributed by atoms with van der Waals surface area (Å²) in [6.07, 6.45) is 1.75. The van der Waals surface area contributed by atoms with Gasteiger partial charge >= 0.3 is 0 Å². The first-order valence-corrected chi connectivity index (χ1v) is 6.40. The van der Waals surface area contributed by atoms with Crippen molar-refractivity contribution >= 4 is 0 Å². The van der Waals surface area contributed by atoms with Crippen LogP contribution in [0.2, 0.25) is 0 Å². The molecule has 1 aromatic heterocycles. The molecule has 0 spiro atoms. The molecular formula is C12H23N5O. The molecular weight excluding hydrogens is 230 g/mol. The van der Waals surface area contributed by atoms with Gasteiger partial charge in [0, 0.05) is 25.2 Å². The summed E-state index contributed by atoms with van der Waals surface area (Å²) in [6, 6.07) is -0.104. The van der Waals surface area contributed by atoms with Crippen LogP contribution in [0.4, 0.5) is 0 Å². The second-order valence-corrected chi connectivity index (χ2v) is 6.05. The number of fused-ring (bicyclic) bond motifs is 1. The van der Waals surface area contributed by atoms with E-state index in [0.29, 0.717) is 6.54 Å². The van der Waals surface area contributed by atoms with Crippen molar-refractivity contribution in [3.63, 3.8) is 0 Å². The molecule has 0 radical (unpaired) electrons. The summed E-state index contributed by atoms with van der Waals surface area (Å²) in [5.74, 6) is 0.945. The van der Waals surface area contributed by atoms with Gasteiger partial charge < -0.3 is 15.4 Å². The Morgan fingerprint density at radius 1 is 1.44 bits per heavy atom. The normalized spacial score (nSPS) is 20.5. The molecule has 18 heavy (non-hydrogen) atoms. The smallest absolute Gasteiger partial charge is 0.147 e. The molecule has 2 atom stereocenters. The zero-order valence-electron chi connectivity index (χ0n) is 11.4. The molecule has 0 bridgehead atoms. The monoisotopic (exact) mass is 253 g/mol. The van der Waals surface area contributed by atoms with Crippen molar-refractivity contribution in [2.24, 2.45) is 11.1 Å². The predicted octanol–water partition coefficient (Wildman–Crippen LogP) is -0.172. The predicted molar refractivity (Wildman–Crippen MR) is 68.7 cm³/mol. The molecule has 6 heteroatoms. The molecule has 102 valence electrons. The first-order valence-electron chi connectivity index (χ1n) is 6.40. The molecule has 0 aliphatic carbocycles. The van der Waals surface area contributed by atoms with Gasteiger partial charge in [-0.1, -0.05) is 20.8 Å². The molecule has 2 unspecified atom stereocenters. The van der Waals surface area contributed by atoms with Gasteiger partial charge in [-0.2, -0.15) is 0 Å². The van der Waals surface area contributed by atoms with Crippen LogP contribution in [0.3, 0.4) is 0 Å². The Morgan fingerprint density at radius 3 is 2.78 bits per heavy atom. The van der Waals surface area contributed by atoms with E-state index in [1.165, 1.54) is 0 Å². The van der Waals surface area contributed by atoms with E-state index in [4.69, 9.17) is 5.73 Å². The quantitative estimate of drug-likeness (QED) is 0.781. The lowest BCUT2D eigenvalue weighted by molar-refractivity contribution is 0.0514. The minimum Gasteiger partial charge on any atom is -0.395 e. The minimum atomic E-state index is -0.0722. The van der Waals surface area contributed by atoms with Crippen LogP contribution >= 0.6 is 0 Å². The molecule has 0 amide bonds. The third kappa shape index (κ3) is 2.55. The van der Waals surface area contributed by atoms with Crippen LogP contribution in [0.15, 0.2) is 6.33 Å². The van der Waals surface area contributed by atoms with Gasteiger partial charge in [0.2, 0.25) is 0 Å². The zero-order valence-corrected chi connectivity index (χ0v) is 11.4. The fourth-order valence-corrected chi connectivity index (χ4v) is 2.40. The van der Waals surface area contributed by atoms with Gasteiger partial charge in [-0.05, 0) is 5.41 Å². The van der Waals surface area contributed by atoms with Crippen LogP contribution in [-0.4, -0.2) is 50.0 Å². The van der Waals surface area contributed by atoms with Crippen molar-refractivity contribution in [1.82, 2.24) is 19.7 Å². The Balaban J connectivity index is 2.11. The number of hydrogen-bond donors (Lipinski definition) is 2. The number of nitrogens with zero attached hydrogens (tertiary/aromatic N) is 4. The third-order valence-corrected chi connectivity index (χ3v) is 3.74. The molecule has 1 aliphatic heterocycles. The second kappa shape index (κ2) is 4.95. The minimum absolute atomic E-state index is 0.0292. The highest BCUT2D eigenvalue weighted by Crippen LogP contribution is 2.24. The summed E-state index contributed by atoms with van der Waals surface area (Å²) < 4.78 is 2.05. The van der Waals surface area contributed by atoms with Crippen LogP contribution in [0.1, 0.15) is 26.6 Å². The Kier molecular flexibility index (Phi) is 3.70. The van der Waals surface area contributed by atoms with Crippen LogP contribution in [0.25, 0.3) is 0 Å². The van der Waals surface area contributed by atoms with Gasteiger partial charge in [-0.15, -0.1) is 10.2 Å². The number of hydrogen-bond acceptors (Lipinski definition) is 5. The van der Waals surface area contributed by atoms with Crippen molar-refractivity contribution in [1.29, 1.82) is 0 Å². The summed E-state index contributed by atoms with van der Waals surface area (Å²) in [5, 5.41) is 17.6. The molecule has 0 saturated heterocycles. The van der Waals surface area contributed by atoms with Gasteiger partial charge in [0.25, 0.3) is 0 Å². The van der Waals surface area contributed by atoms with E-state index < -0.39 is 0 Å². The molecule has 3 N–H and O–H groups in total. The number of aliphatic hydroxyl groups is 1. The second-order valence-electron chi connectivity index (χ2n) is 6.05. The van der Waals surface area contributed by atoms with E-state index in [1.807, 2.05) is 4.57 Å². The van der Waals surface area contributed by atoms with Crippen LogP contribution in [0.5, 0.6) is 0 Å². The highest BCUT2D eigenvalue weighted by Gasteiger charge is 2.34. The molecule has 0 fully saturated rings. The number of aliphatic hydroxyl groups excluding tert-OH is 1. The Morgan fingerprint density at radius 2 is 2.17 bits per heavy atom. The van der Waals surface area contributed by atoms with Crippen LogP contribution < -0.4 is 5.73 Å². The van der Waals surface area contributed by atoms with Crippen molar-refractivity contribution in [2.45, 2.75) is 45.9 Å². The first-order chi connectivity index (χ1) is 8.43. The number of nitrogens with two attached hydrogens (primary N) is 1. The standard InChI is InChI=1S/C12H23N5O/c1-12(2,3)11(13)9(7-18)16-4-5-17-8-14-15-10(17)6-16/h8-9,11,18H,4-7,13H2,1-3H3. The van der Waals surface area contributed by atoms with E-state index in [0.717, 1.165) is 18.9 Å². The Hall–Kier alpha value is -0.980. The number of rotatable bonds is 3. The third-order valence-electron chi connectivity index (χ3n) is 3.74. The van der Waals surface area contributed by atoms with Crippen LogP contribution in [0, 0.1) is 5.41 Å². The van der Waals surface area contributed by atoms with Crippen molar-refractivity contribution in [3.8, 4) is 0 Å². The maximum Gasteiger partial charge on any atom is 0.147 e. The lowest BCUT2D eigenvalue weighted by Gasteiger charge is -2.41. The van der Waals surface area contributed by atoms with Crippen molar-refractivity contribution in [3.05, 3.63) is 12.2 Å². The highest BCUT2D eigenvalue weighted by molar-refractivity contribution is 4.96. The van der Waals surface area contributed by atoms with Crippen LogP contribution in [-0.2, 0) is 13.1 Å². The zero-order chi connectivity index (χ0) is 13.3. The van der Waals surface area contributed by atoms with E-state index >= 15 is 0 Å². The summed E-state index contributed by atoms with van der Waals surface area (Å²) in [4.78, 5) is 2.21. The average molecular weight is 253 g/mol. The van der Waals surface area contributed by atoms with Gasteiger partial charge in [-0.3, -0.25) is 4.90 Å². The first kappa shape index (κ1) is 13.5.